The van der Waals surface area contributed by atoms with E-state index < -0.39 is 6.04 Å². The molecule has 2 unspecified atom stereocenters. The number of nitrogens with one attached hydrogen (secondary N) is 1. The Morgan fingerprint density at radius 1 is 1.43 bits per heavy atom. The number of carbonyl (C=O) groups is 1. The predicted molar refractivity (Wildman–Crippen MR) is 99.8 cm³/mol. The number of hydrogen-bond donors (Lipinski definition) is 2. The molecule has 1 saturated heterocycles. The van der Waals surface area contributed by atoms with Gasteiger partial charge in [-0.2, -0.15) is 0 Å². The van der Waals surface area contributed by atoms with Gasteiger partial charge in [-0.25, -0.2) is 0 Å². The highest BCUT2D eigenvalue weighted by atomic mass is 35.5. The maximum atomic E-state index is 12.2. The molecular weight excluding hydrogens is 357 g/mol. The average molecular weight is 384 g/mol. The van der Waals surface area contributed by atoms with Gasteiger partial charge in [0.2, 0.25) is 5.91 Å². The van der Waals surface area contributed by atoms with Crippen LogP contribution < -0.4 is 11.1 Å². The van der Waals surface area contributed by atoms with Crippen LogP contribution in [-0.4, -0.2) is 50.7 Å². The highest BCUT2D eigenvalue weighted by Crippen LogP contribution is 2.23. The minimum Gasteiger partial charge on any atom is -0.381 e. The summed E-state index contributed by atoms with van der Waals surface area (Å²) in [5.41, 5.74) is 6.09. The van der Waals surface area contributed by atoms with Crippen molar-refractivity contribution >= 4 is 42.1 Å². The van der Waals surface area contributed by atoms with Crippen molar-refractivity contribution in [1.82, 2.24) is 10.2 Å². The Balaban J connectivity index is 0.00000242. The molecule has 0 bridgehead atoms. The molecule has 2 rings (SSSR count). The molecule has 2 heterocycles. The molecule has 1 amide bonds. The van der Waals surface area contributed by atoms with Gasteiger partial charge in [0.05, 0.1) is 12.1 Å². The fourth-order valence-corrected chi connectivity index (χ4v) is 3.55. The minimum absolute atomic E-state index is 0. The largest absolute Gasteiger partial charge is 0.381 e. The summed E-state index contributed by atoms with van der Waals surface area (Å²) in [4.78, 5) is 15.6. The number of ether oxygens (including phenoxy) is 1. The van der Waals surface area contributed by atoms with Crippen molar-refractivity contribution in [2.75, 3.05) is 33.9 Å². The van der Waals surface area contributed by atoms with E-state index in [-0.39, 0.29) is 42.7 Å². The van der Waals surface area contributed by atoms with Crippen LogP contribution in [0.2, 0.25) is 0 Å². The Kier molecular flexibility index (Phi) is 11.1. The summed E-state index contributed by atoms with van der Waals surface area (Å²) in [6.45, 7) is 2.01. The molecule has 5 nitrogen and oxygen atoms in total. The van der Waals surface area contributed by atoms with E-state index in [0.29, 0.717) is 19.8 Å². The predicted octanol–water partition coefficient (Wildman–Crippen LogP) is 2.06. The molecule has 0 spiro atoms. The molecule has 1 fully saturated rings. The Hall–Kier alpha value is -0.370. The van der Waals surface area contributed by atoms with Gasteiger partial charge in [-0.1, -0.05) is 6.07 Å². The molecule has 2 atom stereocenters. The van der Waals surface area contributed by atoms with E-state index in [0.717, 1.165) is 12.8 Å². The molecule has 1 aromatic heterocycles. The van der Waals surface area contributed by atoms with Crippen LogP contribution in [0.15, 0.2) is 17.5 Å². The van der Waals surface area contributed by atoms with Gasteiger partial charge in [0, 0.05) is 24.6 Å². The van der Waals surface area contributed by atoms with E-state index in [1.54, 1.807) is 11.3 Å². The second kappa shape index (κ2) is 11.2. The summed E-state index contributed by atoms with van der Waals surface area (Å²) >= 11 is 1.71. The number of nitrogens with two attached hydrogens (primary N) is 1. The lowest BCUT2D eigenvalue weighted by molar-refractivity contribution is -0.124. The van der Waals surface area contributed by atoms with E-state index in [2.05, 4.69) is 21.7 Å². The maximum Gasteiger partial charge on any atom is 0.237 e. The van der Waals surface area contributed by atoms with Gasteiger partial charge in [-0.3, -0.25) is 4.79 Å². The smallest absolute Gasteiger partial charge is 0.237 e. The average Bonchev–Trinajstić information content (AvgIpc) is 3.01. The van der Waals surface area contributed by atoms with Crippen LogP contribution in [0.3, 0.4) is 0 Å². The molecule has 0 radical (unpaired) electrons. The van der Waals surface area contributed by atoms with E-state index in [4.69, 9.17) is 10.5 Å². The second-order valence-electron chi connectivity index (χ2n) is 5.72. The number of halogens is 2. The van der Waals surface area contributed by atoms with E-state index >= 15 is 0 Å². The molecule has 0 aliphatic carbocycles. The fourth-order valence-electron chi connectivity index (χ4n) is 2.62. The van der Waals surface area contributed by atoms with Crippen molar-refractivity contribution in [3.63, 3.8) is 0 Å². The number of rotatable bonds is 6. The summed E-state index contributed by atoms with van der Waals surface area (Å²) in [6.07, 6.45) is 1.74. The fraction of sp³-hybridized carbons (Fsp3) is 0.667. The highest BCUT2D eigenvalue weighted by Gasteiger charge is 2.27. The first-order chi connectivity index (χ1) is 10.1. The third-order valence-corrected chi connectivity index (χ3v) is 5.01. The Morgan fingerprint density at radius 2 is 2.09 bits per heavy atom. The van der Waals surface area contributed by atoms with Gasteiger partial charge in [-0.05, 0) is 44.3 Å². The zero-order valence-electron chi connectivity index (χ0n) is 13.6. The number of thiophene rings is 1. The summed E-state index contributed by atoms with van der Waals surface area (Å²) in [5.74, 6) is 0.184. The zero-order valence-corrected chi connectivity index (χ0v) is 16.0. The van der Waals surface area contributed by atoms with Crippen molar-refractivity contribution in [3.05, 3.63) is 22.4 Å². The molecular formula is C15H27Cl2N3O2S. The summed E-state index contributed by atoms with van der Waals surface area (Å²) in [6, 6.07) is 3.89. The number of amides is 1. The molecule has 23 heavy (non-hydrogen) atoms. The Bertz CT molecular complexity index is 440. The van der Waals surface area contributed by atoms with Crippen LogP contribution in [-0.2, 0) is 9.53 Å². The van der Waals surface area contributed by atoms with Gasteiger partial charge in [0.25, 0.3) is 0 Å². The van der Waals surface area contributed by atoms with Gasteiger partial charge in [-0.15, -0.1) is 36.2 Å². The highest BCUT2D eigenvalue weighted by molar-refractivity contribution is 7.10. The summed E-state index contributed by atoms with van der Waals surface area (Å²) < 4.78 is 5.32. The van der Waals surface area contributed by atoms with Crippen molar-refractivity contribution in [1.29, 1.82) is 0 Å². The Labute approximate surface area is 154 Å². The van der Waals surface area contributed by atoms with Crippen molar-refractivity contribution in [2.45, 2.75) is 24.9 Å². The van der Waals surface area contributed by atoms with Gasteiger partial charge < -0.3 is 20.7 Å². The SMILES string of the molecule is CN(C)C(CNC(=O)C(N)C1CCOCC1)c1cccs1.Cl.Cl. The first kappa shape index (κ1) is 22.6. The molecule has 134 valence electrons. The second-order valence-corrected chi connectivity index (χ2v) is 6.69. The summed E-state index contributed by atoms with van der Waals surface area (Å²) in [5, 5.41) is 5.07. The van der Waals surface area contributed by atoms with Gasteiger partial charge >= 0.3 is 0 Å². The van der Waals surface area contributed by atoms with Gasteiger partial charge in [0.1, 0.15) is 0 Å². The first-order valence-electron chi connectivity index (χ1n) is 7.40. The topological polar surface area (TPSA) is 67.6 Å². The van der Waals surface area contributed by atoms with Crippen LogP contribution in [0.4, 0.5) is 0 Å². The third-order valence-electron chi connectivity index (χ3n) is 4.04. The van der Waals surface area contributed by atoms with Crippen LogP contribution in [0.1, 0.15) is 23.8 Å². The van der Waals surface area contributed by atoms with E-state index in [1.807, 2.05) is 20.2 Å². The molecule has 3 N–H and O–H groups in total. The van der Waals surface area contributed by atoms with Crippen LogP contribution in [0.25, 0.3) is 0 Å². The zero-order chi connectivity index (χ0) is 15.2. The number of carbonyl (C=O) groups excluding carboxylic acids is 1. The van der Waals surface area contributed by atoms with Gasteiger partial charge in [0.15, 0.2) is 0 Å². The molecule has 0 saturated carbocycles. The maximum absolute atomic E-state index is 12.2. The van der Waals surface area contributed by atoms with Crippen LogP contribution >= 0.6 is 36.2 Å². The van der Waals surface area contributed by atoms with Crippen molar-refractivity contribution < 1.29 is 9.53 Å². The Morgan fingerprint density at radius 3 is 2.61 bits per heavy atom. The lowest BCUT2D eigenvalue weighted by Crippen LogP contribution is -2.48. The number of likely N-dealkylation sites (N-methyl/N-ethyl adjacent to an activating group) is 1. The monoisotopic (exact) mass is 383 g/mol. The number of nitrogens with zero attached hydrogens (tertiary/aromatic N) is 1. The lowest BCUT2D eigenvalue weighted by atomic mass is 9.92. The molecule has 0 aromatic carbocycles. The third kappa shape index (κ3) is 6.57. The summed E-state index contributed by atoms with van der Waals surface area (Å²) in [7, 11) is 4.05. The van der Waals surface area contributed by atoms with Crippen molar-refractivity contribution in [3.8, 4) is 0 Å². The lowest BCUT2D eigenvalue weighted by Gasteiger charge is -2.28. The standard InChI is InChI=1S/C15H25N3O2S.2ClH/c1-18(2)12(13-4-3-9-21-13)10-17-15(19)14(16)11-5-7-20-8-6-11;;/h3-4,9,11-12,14H,5-8,10,16H2,1-2H3,(H,17,19);2*1H. The van der Waals surface area contributed by atoms with E-state index in [9.17, 15) is 4.79 Å². The van der Waals surface area contributed by atoms with Crippen molar-refractivity contribution in [2.24, 2.45) is 11.7 Å². The molecule has 1 aliphatic heterocycles. The normalized spacial score (nSPS) is 17.7. The molecule has 1 aromatic rings. The molecule has 1 aliphatic rings. The minimum atomic E-state index is -0.431. The van der Waals surface area contributed by atoms with Crippen LogP contribution in [0.5, 0.6) is 0 Å². The number of hydrogen-bond acceptors (Lipinski definition) is 5. The van der Waals surface area contributed by atoms with E-state index in [1.165, 1.54) is 4.88 Å². The molecule has 8 heteroatoms. The first-order valence-corrected chi connectivity index (χ1v) is 8.28. The quantitative estimate of drug-likeness (QED) is 0.788. The van der Waals surface area contributed by atoms with Crippen LogP contribution in [0, 0.1) is 5.92 Å².